The molecule has 0 spiro atoms. The molecule has 0 radical (unpaired) electrons. The number of rotatable bonds is 8. The predicted molar refractivity (Wildman–Crippen MR) is 57.1 cm³/mol. The van der Waals surface area contributed by atoms with E-state index in [1.807, 2.05) is 0 Å². The highest BCUT2D eigenvalue weighted by molar-refractivity contribution is 7.48. The summed E-state index contributed by atoms with van der Waals surface area (Å²) < 4.78 is 51.3. The van der Waals surface area contributed by atoms with Crippen molar-refractivity contribution < 1.29 is 26.9 Å². The molecule has 0 bridgehead atoms. The van der Waals surface area contributed by atoms with E-state index in [2.05, 4.69) is 13.6 Å². The van der Waals surface area contributed by atoms with Gasteiger partial charge >= 0.3 is 7.82 Å². The van der Waals surface area contributed by atoms with E-state index in [0.717, 1.165) is 14.2 Å². The first kappa shape index (κ1) is 16.3. The van der Waals surface area contributed by atoms with Crippen molar-refractivity contribution in [3.8, 4) is 0 Å². The zero-order valence-electron chi connectivity index (χ0n) is 9.41. The summed E-state index contributed by atoms with van der Waals surface area (Å²) in [5.41, 5.74) is 0. The largest absolute Gasteiger partial charge is 0.474 e. The van der Waals surface area contributed by atoms with Gasteiger partial charge in [-0.1, -0.05) is 13.3 Å². The lowest BCUT2D eigenvalue weighted by Crippen LogP contribution is -2.32. The van der Waals surface area contributed by atoms with E-state index in [4.69, 9.17) is 11.6 Å². The van der Waals surface area contributed by atoms with E-state index >= 15 is 0 Å². The van der Waals surface area contributed by atoms with Crippen molar-refractivity contribution in [2.75, 3.05) is 20.8 Å². The zero-order chi connectivity index (χ0) is 12.8. The first-order chi connectivity index (χ1) is 7.31. The van der Waals surface area contributed by atoms with Crippen LogP contribution >= 0.6 is 19.4 Å². The van der Waals surface area contributed by atoms with Crippen LogP contribution in [0.4, 0.5) is 8.78 Å². The van der Waals surface area contributed by atoms with Gasteiger partial charge in [-0.05, 0) is 0 Å². The molecule has 0 fully saturated rings. The molecule has 0 saturated heterocycles. The Bertz CT molecular complexity index is 244. The first-order valence-corrected chi connectivity index (χ1v) is 6.59. The third-order valence-electron chi connectivity index (χ3n) is 1.87. The molecule has 0 aliphatic heterocycles. The van der Waals surface area contributed by atoms with Crippen LogP contribution in [0.25, 0.3) is 0 Å². The summed E-state index contributed by atoms with van der Waals surface area (Å²) in [6.45, 7) is 1.01. The minimum Gasteiger partial charge on any atom is -0.290 e. The van der Waals surface area contributed by atoms with Gasteiger partial charge in [0, 0.05) is 20.6 Å². The quantitative estimate of drug-likeness (QED) is 0.505. The fourth-order valence-electron chi connectivity index (χ4n) is 0.949. The van der Waals surface area contributed by atoms with Crippen LogP contribution in [-0.2, 0) is 18.1 Å². The fourth-order valence-corrected chi connectivity index (χ4v) is 1.90. The Kier molecular flexibility index (Phi) is 6.98. The molecule has 0 aromatic rings. The van der Waals surface area contributed by atoms with Gasteiger partial charge < -0.3 is 0 Å². The summed E-state index contributed by atoms with van der Waals surface area (Å²) in [6, 6.07) is 0. The van der Waals surface area contributed by atoms with Gasteiger partial charge in [-0.25, -0.2) is 13.3 Å². The normalized spacial score (nSPS) is 15.1. The van der Waals surface area contributed by atoms with Crippen molar-refractivity contribution in [2.45, 2.75) is 31.1 Å². The van der Waals surface area contributed by atoms with Crippen LogP contribution in [0.1, 0.15) is 19.8 Å². The minimum absolute atomic E-state index is 0.294. The van der Waals surface area contributed by atoms with Crippen molar-refractivity contribution in [1.82, 2.24) is 0 Å². The van der Waals surface area contributed by atoms with E-state index in [0.29, 0.717) is 6.42 Å². The van der Waals surface area contributed by atoms with Crippen molar-refractivity contribution >= 4 is 19.4 Å². The highest BCUT2D eigenvalue weighted by atomic mass is 35.5. The molecule has 0 aromatic heterocycles. The molecule has 4 nitrogen and oxygen atoms in total. The summed E-state index contributed by atoms with van der Waals surface area (Å²) in [5.74, 6) is -3.07. The van der Waals surface area contributed by atoms with Crippen LogP contribution in [0.5, 0.6) is 0 Å². The average molecular weight is 281 g/mol. The number of halogens is 3. The number of phosphoric ester groups is 1. The SMILES string of the molecule is CCCC(F)(F)C(Cl)COP(=O)(OC)OC. The van der Waals surface area contributed by atoms with E-state index in [-0.39, 0.29) is 6.42 Å². The Hall–Kier alpha value is 0.260. The summed E-state index contributed by atoms with van der Waals surface area (Å²) >= 11 is 5.46. The highest BCUT2D eigenvalue weighted by Crippen LogP contribution is 2.48. The van der Waals surface area contributed by atoms with Gasteiger partial charge in [0.25, 0.3) is 5.92 Å². The standard InChI is InChI=1S/C8H16ClF2O4P/c1-4-5-8(10,11)7(9)6-15-16(12,13-2)14-3/h7H,4-6H2,1-3H3. The van der Waals surface area contributed by atoms with Gasteiger partial charge in [-0.3, -0.25) is 13.6 Å². The number of alkyl halides is 3. The Morgan fingerprint density at radius 1 is 1.38 bits per heavy atom. The van der Waals surface area contributed by atoms with Crippen LogP contribution in [-0.4, -0.2) is 32.1 Å². The van der Waals surface area contributed by atoms with E-state index in [1.54, 1.807) is 6.92 Å². The molecule has 0 aliphatic rings. The van der Waals surface area contributed by atoms with E-state index < -0.39 is 25.7 Å². The lowest BCUT2D eigenvalue weighted by atomic mass is 10.1. The molecule has 0 aromatic carbocycles. The van der Waals surface area contributed by atoms with E-state index in [9.17, 15) is 13.3 Å². The Balaban J connectivity index is 4.25. The van der Waals surface area contributed by atoms with Crippen LogP contribution in [0.15, 0.2) is 0 Å². The van der Waals surface area contributed by atoms with Crippen LogP contribution in [0, 0.1) is 0 Å². The molecule has 0 amide bonds. The van der Waals surface area contributed by atoms with Crippen molar-refractivity contribution in [3.63, 3.8) is 0 Å². The molecule has 0 rings (SSSR count). The minimum atomic E-state index is -3.74. The van der Waals surface area contributed by atoms with Gasteiger partial charge in [0.2, 0.25) is 0 Å². The zero-order valence-corrected chi connectivity index (χ0v) is 11.1. The maximum absolute atomic E-state index is 13.2. The molecule has 98 valence electrons. The Labute approximate surface area is 98.8 Å². The Morgan fingerprint density at radius 3 is 2.25 bits per heavy atom. The highest BCUT2D eigenvalue weighted by Gasteiger charge is 2.39. The molecule has 8 heteroatoms. The maximum Gasteiger partial charge on any atom is 0.474 e. The molecule has 0 saturated carbocycles. The number of hydrogen-bond donors (Lipinski definition) is 0. The fraction of sp³-hybridized carbons (Fsp3) is 1.00. The lowest BCUT2D eigenvalue weighted by Gasteiger charge is -2.22. The van der Waals surface area contributed by atoms with Crippen LogP contribution in [0.2, 0.25) is 0 Å². The molecule has 1 unspecified atom stereocenters. The van der Waals surface area contributed by atoms with Gasteiger partial charge in [-0.2, -0.15) is 0 Å². The third kappa shape index (κ3) is 5.06. The Morgan fingerprint density at radius 2 is 1.88 bits per heavy atom. The van der Waals surface area contributed by atoms with Crippen LogP contribution in [0.3, 0.4) is 0 Å². The maximum atomic E-state index is 13.2. The van der Waals surface area contributed by atoms with Gasteiger partial charge in [-0.15, -0.1) is 11.6 Å². The number of phosphoric acid groups is 1. The first-order valence-electron chi connectivity index (χ1n) is 4.69. The molecule has 0 heterocycles. The van der Waals surface area contributed by atoms with Crippen LogP contribution < -0.4 is 0 Å². The second-order valence-electron chi connectivity index (χ2n) is 3.09. The smallest absolute Gasteiger partial charge is 0.290 e. The summed E-state index contributed by atoms with van der Waals surface area (Å²) in [4.78, 5) is 0. The average Bonchev–Trinajstić information content (AvgIpc) is 2.25. The van der Waals surface area contributed by atoms with Gasteiger partial charge in [0.15, 0.2) is 0 Å². The second kappa shape index (κ2) is 6.87. The molecular weight excluding hydrogens is 265 g/mol. The number of hydrogen-bond acceptors (Lipinski definition) is 4. The summed E-state index contributed by atoms with van der Waals surface area (Å²) in [6.07, 6.45) is -0.0583. The topological polar surface area (TPSA) is 44.8 Å². The predicted octanol–water partition coefficient (Wildman–Crippen LogP) is 3.45. The van der Waals surface area contributed by atoms with E-state index in [1.165, 1.54) is 0 Å². The molecule has 0 aliphatic carbocycles. The molecular formula is C8H16ClF2O4P. The van der Waals surface area contributed by atoms with Gasteiger partial charge in [0.1, 0.15) is 5.38 Å². The lowest BCUT2D eigenvalue weighted by molar-refractivity contribution is -0.0254. The van der Waals surface area contributed by atoms with Crippen molar-refractivity contribution in [2.24, 2.45) is 0 Å². The second-order valence-corrected chi connectivity index (χ2v) is 5.50. The summed E-state index contributed by atoms with van der Waals surface area (Å²) in [7, 11) is -1.55. The molecule has 1 atom stereocenters. The van der Waals surface area contributed by atoms with Crippen molar-refractivity contribution in [3.05, 3.63) is 0 Å². The van der Waals surface area contributed by atoms with Crippen molar-refractivity contribution in [1.29, 1.82) is 0 Å². The molecule has 16 heavy (non-hydrogen) atoms. The summed E-state index contributed by atoms with van der Waals surface area (Å²) in [5, 5.41) is -1.56. The van der Waals surface area contributed by atoms with Gasteiger partial charge in [0.05, 0.1) is 6.61 Å². The molecule has 0 N–H and O–H groups in total. The third-order valence-corrected chi connectivity index (χ3v) is 3.67. The monoisotopic (exact) mass is 280 g/mol.